The number of amides is 1. The van der Waals surface area contributed by atoms with Gasteiger partial charge < -0.3 is 13.9 Å². The number of carbonyl (C=O) groups excluding carboxylic acids is 1. The minimum Gasteiger partial charge on any atom is -0.493 e. The van der Waals surface area contributed by atoms with Crippen LogP contribution in [-0.4, -0.2) is 24.6 Å². The topological polar surface area (TPSA) is 81.9 Å². The quantitative estimate of drug-likeness (QED) is 0.470. The number of hydrogen-bond donors (Lipinski definition) is 0. The van der Waals surface area contributed by atoms with E-state index in [1.165, 1.54) is 4.90 Å². The van der Waals surface area contributed by atoms with Crippen LogP contribution >= 0.6 is 0 Å². The summed E-state index contributed by atoms with van der Waals surface area (Å²) in [5.74, 6) is 1.12. The van der Waals surface area contributed by atoms with E-state index in [9.17, 15) is 9.59 Å². The smallest absolute Gasteiger partial charge is 0.296 e. The van der Waals surface area contributed by atoms with Crippen LogP contribution in [0.3, 0.4) is 0 Å². The van der Waals surface area contributed by atoms with Crippen molar-refractivity contribution in [2.45, 2.75) is 13.0 Å². The molecule has 1 aliphatic rings. The van der Waals surface area contributed by atoms with E-state index < -0.39 is 11.9 Å². The van der Waals surface area contributed by atoms with Gasteiger partial charge in [-0.15, -0.1) is 0 Å². The van der Waals surface area contributed by atoms with Gasteiger partial charge in [-0.05, 0) is 48.9 Å². The average Bonchev–Trinajstić information content (AvgIpc) is 3.13. The van der Waals surface area contributed by atoms with Crippen molar-refractivity contribution in [3.63, 3.8) is 0 Å². The number of nitrogens with zero attached hydrogens (tertiary/aromatic N) is 2. The summed E-state index contributed by atoms with van der Waals surface area (Å²) in [5.41, 5.74) is 1.10. The highest BCUT2D eigenvalue weighted by Crippen LogP contribution is 2.42. The molecule has 1 atom stereocenters. The second kappa shape index (κ2) is 7.85. The van der Waals surface area contributed by atoms with Crippen LogP contribution in [0, 0.1) is 0 Å². The first-order valence-corrected chi connectivity index (χ1v) is 10.2. The van der Waals surface area contributed by atoms with E-state index in [-0.39, 0.29) is 16.8 Å². The molecule has 5 rings (SSSR count). The second-order valence-corrected chi connectivity index (χ2v) is 7.28. The Morgan fingerprint density at radius 3 is 2.59 bits per heavy atom. The Balaban J connectivity index is 1.78. The minimum absolute atomic E-state index is 0.0252. The molecule has 160 valence electrons. The van der Waals surface area contributed by atoms with Crippen LogP contribution in [0.2, 0.25) is 0 Å². The molecule has 0 unspecified atom stereocenters. The number of anilines is 1. The molecule has 3 heterocycles. The fourth-order valence-electron chi connectivity index (χ4n) is 4.10. The first-order chi connectivity index (χ1) is 15.6. The Morgan fingerprint density at radius 2 is 1.84 bits per heavy atom. The Morgan fingerprint density at radius 1 is 1.03 bits per heavy atom. The number of para-hydroxylation sites is 1. The summed E-state index contributed by atoms with van der Waals surface area (Å²) >= 11 is 0. The molecule has 0 saturated carbocycles. The third-order valence-electron chi connectivity index (χ3n) is 5.48. The van der Waals surface area contributed by atoms with E-state index in [4.69, 9.17) is 13.9 Å². The van der Waals surface area contributed by atoms with E-state index in [1.54, 1.807) is 67.9 Å². The lowest BCUT2D eigenvalue weighted by Gasteiger charge is -2.24. The summed E-state index contributed by atoms with van der Waals surface area (Å²) in [7, 11) is 1.55. The van der Waals surface area contributed by atoms with Gasteiger partial charge in [-0.25, -0.2) is 4.98 Å². The third kappa shape index (κ3) is 3.01. The fourth-order valence-corrected chi connectivity index (χ4v) is 4.10. The van der Waals surface area contributed by atoms with Crippen molar-refractivity contribution in [1.82, 2.24) is 4.98 Å². The zero-order chi connectivity index (χ0) is 22.2. The molecule has 4 aromatic rings. The Hall–Kier alpha value is -4.13. The van der Waals surface area contributed by atoms with Gasteiger partial charge in [-0.3, -0.25) is 14.5 Å². The van der Waals surface area contributed by atoms with E-state index in [1.807, 2.05) is 13.0 Å². The zero-order valence-corrected chi connectivity index (χ0v) is 17.6. The molecule has 2 aromatic heterocycles. The molecule has 0 aliphatic carbocycles. The van der Waals surface area contributed by atoms with Gasteiger partial charge in [0, 0.05) is 6.20 Å². The van der Waals surface area contributed by atoms with Crippen molar-refractivity contribution in [2.24, 2.45) is 0 Å². The summed E-state index contributed by atoms with van der Waals surface area (Å²) in [6.45, 7) is 2.37. The molecule has 0 radical (unpaired) electrons. The number of methoxy groups -OCH3 is 1. The molecule has 0 saturated heterocycles. The van der Waals surface area contributed by atoms with E-state index in [2.05, 4.69) is 4.98 Å². The number of rotatable bonds is 5. The molecule has 2 aromatic carbocycles. The van der Waals surface area contributed by atoms with Crippen LogP contribution in [0.15, 0.2) is 76.1 Å². The standard InChI is InChI=1S/C25H20N2O5/c1-3-31-18-12-11-15(14-19(18)30-2)22-21-23(28)16-8-4-5-9-17(16)32-24(21)25(29)27(22)20-10-6-7-13-26-20/h4-14,22H,3H2,1-2H3/t22-/m0/s1. The van der Waals surface area contributed by atoms with Crippen molar-refractivity contribution in [1.29, 1.82) is 0 Å². The lowest BCUT2D eigenvalue weighted by molar-refractivity contribution is 0.0970. The number of benzene rings is 2. The van der Waals surface area contributed by atoms with Crippen molar-refractivity contribution >= 4 is 22.7 Å². The number of aromatic nitrogens is 1. The molecule has 0 N–H and O–H groups in total. The molecule has 1 aliphatic heterocycles. The van der Waals surface area contributed by atoms with Crippen molar-refractivity contribution in [3.8, 4) is 11.5 Å². The number of carbonyl (C=O) groups is 1. The van der Waals surface area contributed by atoms with Crippen LogP contribution in [-0.2, 0) is 0 Å². The number of pyridine rings is 1. The minimum atomic E-state index is -0.724. The summed E-state index contributed by atoms with van der Waals surface area (Å²) in [4.78, 5) is 32.9. The summed E-state index contributed by atoms with van der Waals surface area (Å²) in [6, 6.07) is 16.9. The second-order valence-electron chi connectivity index (χ2n) is 7.28. The molecule has 0 spiro atoms. The van der Waals surface area contributed by atoms with Crippen molar-refractivity contribution in [3.05, 3.63) is 94.0 Å². The molecular weight excluding hydrogens is 408 g/mol. The normalized spacial score (nSPS) is 15.1. The first kappa shape index (κ1) is 19.8. The molecule has 7 heteroatoms. The van der Waals surface area contributed by atoms with E-state index >= 15 is 0 Å². The molecule has 7 nitrogen and oxygen atoms in total. The van der Waals surface area contributed by atoms with Crippen molar-refractivity contribution in [2.75, 3.05) is 18.6 Å². The highest BCUT2D eigenvalue weighted by atomic mass is 16.5. The van der Waals surface area contributed by atoms with Crippen LogP contribution in [0.5, 0.6) is 11.5 Å². The van der Waals surface area contributed by atoms with Gasteiger partial charge >= 0.3 is 0 Å². The Kier molecular flexibility index (Phi) is 4.86. The third-order valence-corrected chi connectivity index (χ3v) is 5.48. The van der Waals surface area contributed by atoms with E-state index in [0.29, 0.717) is 40.5 Å². The highest BCUT2D eigenvalue weighted by Gasteiger charge is 2.44. The number of hydrogen-bond acceptors (Lipinski definition) is 6. The van der Waals surface area contributed by atoms with Crippen LogP contribution in [0.4, 0.5) is 5.82 Å². The van der Waals surface area contributed by atoms with Crippen LogP contribution in [0.1, 0.15) is 34.6 Å². The largest absolute Gasteiger partial charge is 0.493 e. The van der Waals surface area contributed by atoms with Gasteiger partial charge in [0.15, 0.2) is 16.9 Å². The lowest BCUT2D eigenvalue weighted by atomic mass is 9.98. The molecule has 1 amide bonds. The van der Waals surface area contributed by atoms with Gasteiger partial charge in [0.25, 0.3) is 5.91 Å². The molecule has 32 heavy (non-hydrogen) atoms. The van der Waals surface area contributed by atoms with Crippen molar-refractivity contribution < 1.29 is 18.7 Å². The summed E-state index contributed by atoms with van der Waals surface area (Å²) in [6.07, 6.45) is 1.60. The molecule has 0 bridgehead atoms. The van der Waals surface area contributed by atoms with Gasteiger partial charge in [-0.1, -0.05) is 24.3 Å². The van der Waals surface area contributed by atoms with Gasteiger partial charge in [-0.2, -0.15) is 0 Å². The number of fused-ring (bicyclic) bond motifs is 2. The van der Waals surface area contributed by atoms with Gasteiger partial charge in [0.05, 0.1) is 30.7 Å². The average molecular weight is 428 g/mol. The first-order valence-electron chi connectivity index (χ1n) is 10.2. The fraction of sp³-hybridized carbons (Fsp3) is 0.160. The lowest BCUT2D eigenvalue weighted by Crippen LogP contribution is -2.30. The molecular formula is C25H20N2O5. The van der Waals surface area contributed by atoms with Gasteiger partial charge in [0.2, 0.25) is 5.76 Å². The summed E-state index contributed by atoms with van der Waals surface area (Å²) in [5, 5.41) is 0.421. The van der Waals surface area contributed by atoms with Crippen LogP contribution in [0.25, 0.3) is 11.0 Å². The van der Waals surface area contributed by atoms with Gasteiger partial charge in [0.1, 0.15) is 11.4 Å². The maximum absolute atomic E-state index is 13.5. The highest BCUT2D eigenvalue weighted by molar-refractivity contribution is 6.10. The van der Waals surface area contributed by atoms with E-state index in [0.717, 1.165) is 0 Å². The summed E-state index contributed by atoms with van der Waals surface area (Å²) < 4.78 is 17.1. The maximum atomic E-state index is 13.5. The predicted molar refractivity (Wildman–Crippen MR) is 120 cm³/mol. The Bertz CT molecular complexity index is 1380. The SMILES string of the molecule is CCOc1ccc([C@H]2c3c(oc4ccccc4c3=O)C(=O)N2c2ccccn2)cc1OC. The Labute approximate surface area is 183 Å². The van der Waals surface area contributed by atoms with Crippen LogP contribution < -0.4 is 19.8 Å². The maximum Gasteiger partial charge on any atom is 0.296 e. The monoisotopic (exact) mass is 428 g/mol. The molecule has 0 fully saturated rings. The number of ether oxygens (including phenoxy) is 2. The predicted octanol–water partition coefficient (Wildman–Crippen LogP) is 4.35. The zero-order valence-electron chi connectivity index (χ0n) is 17.6.